The highest BCUT2D eigenvalue weighted by Crippen LogP contribution is 2.58. The number of hydrogen-bond donors (Lipinski definition) is 2. The van der Waals surface area contributed by atoms with Crippen LogP contribution in [0, 0.1) is 23.7 Å². The summed E-state index contributed by atoms with van der Waals surface area (Å²) < 4.78 is 27.7. The quantitative estimate of drug-likeness (QED) is 0.887. The summed E-state index contributed by atoms with van der Waals surface area (Å²) >= 11 is 0. The fourth-order valence-electron chi connectivity index (χ4n) is 5.08. The molecule has 0 spiro atoms. The number of rotatable bonds is 3. The topological polar surface area (TPSA) is 79.0 Å². The Bertz CT molecular complexity index is 712. The first-order chi connectivity index (χ1) is 10.1. The van der Waals surface area contributed by atoms with E-state index in [1.54, 1.807) is 0 Å². The van der Waals surface area contributed by atoms with Crippen LogP contribution in [0.15, 0.2) is 28.2 Å². The number of aromatic nitrogens is 1. The third-order valence-electron chi connectivity index (χ3n) is 5.81. The van der Waals surface area contributed by atoms with Gasteiger partial charge in [0.25, 0.3) is 0 Å². The Morgan fingerprint density at radius 2 is 1.95 bits per heavy atom. The monoisotopic (exact) mass is 308 g/mol. The number of H-pyrrole nitrogens is 1. The second-order valence-electron chi connectivity index (χ2n) is 6.75. The van der Waals surface area contributed by atoms with Crippen LogP contribution in [0.1, 0.15) is 32.1 Å². The fraction of sp³-hybridized carbons (Fsp3) is 0.667. The summed E-state index contributed by atoms with van der Waals surface area (Å²) in [6.07, 6.45) is 8.68. The number of aromatic amines is 1. The Morgan fingerprint density at radius 3 is 2.76 bits per heavy atom. The van der Waals surface area contributed by atoms with Gasteiger partial charge >= 0.3 is 0 Å². The zero-order valence-electron chi connectivity index (χ0n) is 11.8. The average molecular weight is 308 g/mol. The molecule has 5 atom stereocenters. The Kier molecular flexibility index (Phi) is 3.01. The van der Waals surface area contributed by atoms with Crippen molar-refractivity contribution in [2.24, 2.45) is 23.7 Å². The highest BCUT2D eigenvalue weighted by atomic mass is 32.2. The highest BCUT2D eigenvalue weighted by Gasteiger charge is 2.54. The van der Waals surface area contributed by atoms with E-state index in [-0.39, 0.29) is 10.9 Å². The van der Waals surface area contributed by atoms with Crippen LogP contribution in [0.5, 0.6) is 0 Å². The van der Waals surface area contributed by atoms with Crippen molar-refractivity contribution in [3.8, 4) is 0 Å². The van der Waals surface area contributed by atoms with E-state index in [1.807, 2.05) is 0 Å². The van der Waals surface area contributed by atoms with Crippen molar-refractivity contribution in [2.45, 2.75) is 43.0 Å². The number of hydrogen-bond acceptors (Lipinski definition) is 3. The van der Waals surface area contributed by atoms with E-state index >= 15 is 0 Å². The standard InChI is InChI=1S/C15H20N2O3S/c18-14-4-5-16-8-15(14)21(19,20)17-13-7-9-6-12(13)11-3-1-2-10(9)11/h4-5,8-13,17H,1-3,6-7H2,(H,16,18). The first kappa shape index (κ1) is 13.5. The molecule has 21 heavy (non-hydrogen) atoms. The summed E-state index contributed by atoms with van der Waals surface area (Å²) in [4.78, 5) is 14.3. The van der Waals surface area contributed by atoms with Crippen molar-refractivity contribution in [3.05, 3.63) is 28.7 Å². The molecule has 2 bridgehead atoms. The maximum Gasteiger partial charge on any atom is 0.246 e. The van der Waals surface area contributed by atoms with Crippen molar-refractivity contribution in [2.75, 3.05) is 0 Å². The molecule has 0 aromatic carbocycles. The molecule has 0 amide bonds. The van der Waals surface area contributed by atoms with Crippen molar-refractivity contribution < 1.29 is 8.42 Å². The summed E-state index contributed by atoms with van der Waals surface area (Å²) in [5.41, 5.74) is -0.455. The molecule has 5 nitrogen and oxygen atoms in total. The largest absolute Gasteiger partial charge is 0.366 e. The van der Waals surface area contributed by atoms with E-state index in [0.29, 0.717) is 17.8 Å². The molecule has 1 heterocycles. The van der Waals surface area contributed by atoms with E-state index < -0.39 is 15.5 Å². The lowest BCUT2D eigenvalue weighted by Gasteiger charge is -2.31. The second-order valence-corrected chi connectivity index (χ2v) is 8.44. The number of sulfonamides is 1. The minimum atomic E-state index is -3.72. The molecule has 3 aliphatic rings. The van der Waals surface area contributed by atoms with E-state index in [1.165, 1.54) is 37.7 Å². The van der Waals surface area contributed by atoms with Gasteiger partial charge in [0.05, 0.1) is 0 Å². The van der Waals surface area contributed by atoms with E-state index in [2.05, 4.69) is 9.71 Å². The van der Waals surface area contributed by atoms with Gasteiger partial charge in [0, 0.05) is 24.5 Å². The van der Waals surface area contributed by atoms with Gasteiger partial charge in [-0.25, -0.2) is 13.1 Å². The lowest BCUT2D eigenvalue weighted by atomic mass is 9.79. The molecule has 3 saturated carbocycles. The van der Waals surface area contributed by atoms with Crippen LogP contribution in [0.2, 0.25) is 0 Å². The van der Waals surface area contributed by atoms with Crippen LogP contribution >= 0.6 is 0 Å². The molecule has 3 aliphatic carbocycles. The molecule has 4 rings (SSSR count). The van der Waals surface area contributed by atoms with Gasteiger partial charge in [-0.05, 0) is 49.4 Å². The average Bonchev–Trinajstić information content (AvgIpc) is 3.09. The van der Waals surface area contributed by atoms with Gasteiger partial charge < -0.3 is 4.98 Å². The normalized spacial score (nSPS) is 37.8. The smallest absolute Gasteiger partial charge is 0.246 e. The fourth-order valence-corrected chi connectivity index (χ4v) is 6.43. The number of nitrogens with one attached hydrogen (secondary N) is 2. The molecular weight excluding hydrogens is 288 g/mol. The highest BCUT2D eigenvalue weighted by molar-refractivity contribution is 7.89. The van der Waals surface area contributed by atoms with Crippen LogP contribution in [0.4, 0.5) is 0 Å². The van der Waals surface area contributed by atoms with E-state index in [9.17, 15) is 13.2 Å². The number of pyridine rings is 1. The summed E-state index contributed by atoms with van der Waals surface area (Å²) in [5.74, 6) is 2.69. The van der Waals surface area contributed by atoms with E-state index in [4.69, 9.17) is 0 Å². The van der Waals surface area contributed by atoms with Gasteiger partial charge in [0.15, 0.2) is 0 Å². The van der Waals surface area contributed by atoms with Crippen LogP contribution in [0.3, 0.4) is 0 Å². The van der Waals surface area contributed by atoms with E-state index in [0.717, 1.165) is 18.8 Å². The molecular formula is C15H20N2O3S. The molecule has 114 valence electrons. The molecule has 5 unspecified atom stereocenters. The predicted molar refractivity (Wildman–Crippen MR) is 78.2 cm³/mol. The maximum atomic E-state index is 12.4. The van der Waals surface area contributed by atoms with Crippen LogP contribution in [-0.2, 0) is 10.0 Å². The Hall–Kier alpha value is -1.14. The molecule has 3 fully saturated rings. The summed E-state index contributed by atoms with van der Waals surface area (Å²) in [5, 5.41) is 0. The van der Waals surface area contributed by atoms with Gasteiger partial charge in [0.2, 0.25) is 15.5 Å². The molecule has 0 aliphatic heterocycles. The predicted octanol–water partition coefficient (Wildman–Crippen LogP) is 1.48. The van der Waals surface area contributed by atoms with Gasteiger partial charge in [-0.3, -0.25) is 4.79 Å². The lowest BCUT2D eigenvalue weighted by Crippen LogP contribution is -2.43. The Labute approximate surface area is 124 Å². The molecule has 0 saturated heterocycles. The van der Waals surface area contributed by atoms with Crippen LogP contribution in [0.25, 0.3) is 0 Å². The number of fused-ring (bicyclic) bond motifs is 5. The molecule has 2 N–H and O–H groups in total. The zero-order valence-corrected chi connectivity index (χ0v) is 12.6. The van der Waals surface area contributed by atoms with Crippen molar-refractivity contribution in [1.29, 1.82) is 0 Å². The first-order valence-corrected chi connectivity index (χ1v) is 9.24. The van der Waals surface area contributed by atoms with Gasteiger partial charge in [-0.2, -0.15) is 0 Å². The maximum absolute atomic E-state index is 12.4. The molecule has 6 heteroatoms. The third kappa shape index (κ3) is 2.07. The lowest BCUT2D eigenvalue weighted by molar-refractivity contribution is 0.224. The van der Waals surface area contributed by atoms with Crippen LogP contribution in [-0.4, -0.2) is 19.4 Å². The summed E-state index contributed by atoms with van der Waals surface area (Å²) in [7, 11) is -3.72. The minimum Gasteiger partial charge on any atom is -0.366 e. The van der Waals surface area contributed by atoms with Crippen molar-refractivity contribution >= 4 is 10.0 Å². The SMILES string of the molecule is O=c1cc[nH]cc1S(=O)(=O)NC1CC2CC1C1CCCC21. The second kappa shape index (κ2) is 4.68. The Morgan fingerprint density at radius 1 is 1.14 bits per heavy atom. The van der Waals surface area contributed by atoms with Crippen LogP contribution < -0.4 is 10.2 Å². The first-order valence-electron chi connectivity index (χ1n) is 7.76. The van der Waals surface area contributed by atoms with Crippen molar-refractivity contribution in [3.63, 3.8) is 0 Å². The zero-order chi connectivity index (χ0) is 14.6. The minimum absolute atomic E-state index is 0.0129. The Balaban J connectivity index is 1.57. The van der Waals surface area contributed by atoms with Crippen molar-refractivity contribution in [1.82, 2.24) is 9.71 Å². The molecule has 1 aromatic rings. The third-order valence-corrected chi connectivity index (χ3v) is 7.32. The van der Waals surface area contributed by atoms with Gasteiger partial charge in [-0.1, -0.05) is 6.42 Å². The van der Waals surface area contributed by atoms with Gasteiger partial charge in [-0.15, -0.1) is 0 Å². The van der Waals surface area contributed by atoms with Gasteiger partial charge in [0.1, 0.15) is 4.90 Å². The molecule has 0 radical (unpaired) electrons. The summed E-state index contributed by atoms with van der Waals surface area (Å²) in [6, 6.07) is 1.27. The molecule has 1 aromatic heterocycles. The summed E-state index contributed by atoms with van der Waals surface area (Å²) in [6.45, 7) is 0.